The molecule has 27 heavy (non-hydrogen) atoms. The first kappa shape index (κ1) is 49.7. The Hall–Kier alpha value is -2.50. The predicted molar refractivity (Wildman–Crippen MR) is 70.8 cm³/mol. The number of benzene rings is 1. The van der Waals surface area contributed by atoms with Crippen LogP contribution in [-0.2, 0) is 66.2 Å². The first-order chi connectivity index (χ1) is 12.3. The smallest absolute Gasteiger partial charge is 0 e. The van der Waals surface area contributed by atoms with E-state index >= 15 is 0 Å². The van der Waals surface area contributed by atoms with Gasteiger partial charge in [-0.25, -0.2) is 4.79 Å². The molecule has 0 aliphatic rings. The second-order valence-corrected chi connectivity index (χ2v) is 2.30. The van der Waals surface area contributed by atoms with Crippen LogP contribution < -0.4 is 0 Å². The fourth-order valence-corrected chi connectivity index (χ4v) is 0.831. The number of rotatable bonds is 2. The summed E-state index contributed by atoms with van der Waals surface area (Å²) in [5.74, 6) is 1.44. The van der Waals surface area contributed by atoms with Gasteiger partial charge in [0.15, 0.2) is 6.61 Å². The van der Waals surface area contributed by atoms with Gasteiger partial charge in [-0.2, -0.15) is 0 Å². The third kappa shape index (κ3) is 39.9. The fraction of sp³-hybridized carbons (Fsp3) is 0.0625. The summed E-state index contributed by atoms with van der Waals surface area (Å²) in [7, 11) is 0. The van der Waals surface area contributed by atoms with E-state index in [1.165, 1.54) is 12.1 Å². The van der Waals surface area contributed by atoms with Gasteiger partial charge in [0.2, 0.25) is 0 Å². The van der Waals surface area contributed by atoms with Crippen LogP contribution in [0.5, 0.6) is 5.75 Å². The molecule has 0 amide bonds. The minimum Gasteiger partial charge on any atom is 0 e. The molecular weight excluding hydrogens is 454 g/mol. The van der Waals surface area contributed by atoms with Gasteiger partial charge in [0.25, 0.3) is 0 Å². The summed E-state index contributed by atoms with van der Waals surface area (Å²) in [4.78, 5) is 11.1. The van der Waals surface area contributed by atoms with Crippen molar-refractivity contribution >= 4 is 5.97 Å². The minimum absolute atomic E-state index is 0. The Kier molecular flexibility index (Phi) is 120. The van der Waals surface area contributed by atoms with Crippen molar-refractivity contribution in [3.63, 3.8) is 0 Å². The van der Waals surface area contributed by atoms with E-state index in [2.05, 4.69) is 50.6 Å². The van der Waals surface area contributed by atoms with E-state index in [0.29, 0.717) is 0 Å². The van der Waals surface area contributed by atoms with E-state index in [0.717, 1.165) is 0 Å². The Morgan fingerprint density at radius 1 is 0.889 bits per heavy atom. The van der Waals surface area contributed by atoms with Crippen molar-refractivity contribution < 1.29 is 76.1 Å². The molecule has 0 aliphatic carbocycles. The summed E-state index contributed by atoms with van der Waals surface area (Å²) in [6.07, 6.45) is 4.90. The average molecular weight is 462 g/mol. The number of phenols is 1. The van der Waals surface area contributed by atoms with E-state index < -0.39 is 5.97 Å². The van der Waals surface area contributed by atoms with Crippen LogP contribution in [0.4, 0.5) is 0 Å². The molecule has 9 nitrogen and oxygen atoms in total. The second kappa shape index (κ2) is 65.3. The zero-order valence-corrected chi connectivity index (χ0v) is 15.1. The van der Waals surface area contributed by atoms with Crippen LogP contribution in [0, 0.1) is 52.2 Å². The van der Waals surface area contributed by atoms with Crippen molar-refractivity contribution in [2.75, 3.05) is 6.61 Å². The van der Waals surface area contributed by atoms with Crippen molar-refractivity contribution in [2.24, 2.45) is 0 Å². The molecular formula is C16H8Co2O9. The summed E-state index contributed by atoms with van der Waals surface area (Å²) in [5, 5.41) is 9.23. The molecule has 0 saturated heterocycles. The molecule has 0 unspecified atom stereocenters. The monoisotopic (exact) mass is 462 g/mol. The average Bonchev–Trinajstić information content (AvgIpc) is 2.75. The number of terminal acetylenes is 1. The van der Waals surface area contributed by atoms with Gasteiger partial charge in [0.05, 0.1) is 0 Å². The summed E-state index contributed by atoms with van der Waals surface area (Å²) in [6, 6.07) is 6.13. The van der Waals surface area contributed by atoms with Crippen molar-refractivity contribution in [1.29, 1.82) is 0 Å². The number of hydrogen-bond acceptors (Lipinski definition) is 3. The number of carbonyl (C=O) groups excluding carboxylic acids is 1. The zero-order valence-electron chi connectivity index (χ0n) is 13.0. The maximum atomic E-state index is 11.1. The van der Waals surface area contributed by atoms with Gasteiger partial charge < -0.3 is 9.84 Å². The van der Waals surface area contributed by atoms with Gasteiger partial charge in [0, 0.05) is 33.6 Å². The normalized spacial score (nSPS) is 4.70. The Balaban J connectivity index is -0.0000000370. The molecule has 1 aromatic rings. The Morgan fingerprint density at radius 3 is 1.52 bits per heavy atom. The van der Waals surface area contributed by atoms with Crippen molar-refractivity contribution in [3.05, 3.63) is 69.7 Å². The predicted octanol–water partition coefficient (Wildman–Crippen LogP) is 0.952. The van der Waals surface area contributed by atoms with Crippen LogP contribution in [-0.4, -0.2) is 17.7 Å². The van der Waals surface area contributed by atoms with Gasteiger partial charge in [-0.1, -0.05) is 18.1 Å². The van der Waals surface area contributed by atoms with E-state index in [-0.39, 0.29) is 51.5 Å². The molecule has 0 bridgehead atoms. The van der Waals surface area contributed by atoms with E-state index in [4.69, 9.17) is 34.3 Å². The van der Waals surface area contributed by atoms with Crippen molar-refractivity contribution in [2.45, 2.75) is 0 Å². The van der Waals surface area contributed by atoms with Crippen molar-refractivity contribution in [3.8, 4) is 18.1 Å². The molecule has 0 fully saturated rings. The third-order valence-corrected chi connectivity index (χ3v) is 1.41. The molecule has 1 N–H and O–H groups in total. The third-order valence-electron chi connectivity index (χ3n) is 1.41. The SMILES string of the molecule is C#CCOC(=O)c1ccccc1O.[C-]#[O+].[C-]#[O+].[C-]#[O+].[C-]#[O+].[C-]#[O+].[C-]#[O+].[Co].[Co]. The van der Waals surface area contributed by atoms with Crippen molar-refractivity contribution in [1.82, 2.24) is 0 Å². The standard InChI is InChI=1S/C10H8O3.6CO.2Co/c1-2-7-13-10(12)8-5-3-4-6-9(8)11;6*1-2;;/h1,3-6,11H,7H2;;;;;;;;. The maximum absolute atomic E-state index is 11.1. The largest absolute Gasteiger partial charge is 0 e. The van der Waals surface area contributed by atoms with Gasteiger partial charge in [-0.3, -0.25) is 0 Å². The maximum Gasteiger partial charge on any atom is 0 e. The van der Waals surface area contributed by atoms with Gasteiger partial charge in [0.1, 0.15) is 11.3 Å². The number of hydrogen-bond donors (Lipinski definition) is 1. The number of aromatic hydroxyl groups is 1. The van der Waals surface area contributed by atoms with Crippen LogP contribution in [0.15, 0.2) is 24.3 Å². The molecule has 144 valence electrons. The molecule has 11 heteroatoms. The number of para-hydroxylation sites is 1. The molecule has 0 aliphatic heterocycles. The first-order valence-electron chi connectivity index (χ1n) is 4.86. The number of phenolic OH excluding ortho intramolecular Hbond substituents is 1. The molecule has 0 spiro atoms. The minimum atomic E-state index is -0.615. The second-order valence-electron chi connectivity index (χ2n) is 2.30. The number of carbonyl (C=O) groups is 1. The van der Waals surface area contributed by atoms with Gasteiger partial charge in [-0.15, -0.1) is 6.42 Å². The molecule has 0 atom stereocenters. The van der Waals surface area contributed by atoms with Gasteiger partial charge >= 0.3 is 73.8 Å². The van der Waals surface area contributed by atoms with Crippen LogP contribution >= 0.6 is 0 Å². The van der Waals surface area contributed by atoms with Crippen LogP contribution in [0.3, 0.4) is 0 Å². The van der Waals surface area contributed by atoms with E-state index in [9.17, 15) is 9.90 Å². The summed E-state index contributed by atoms with van der Waals surface area (Å²) in [5.41, 5.74) is 0.123. The molecule has 0 aromatic heterocycles. The molecule has 1 rings (SSSR count). The van der Waals surface area contributed by atoms with E-state index in [1.54, 1.807) is 12.1 Å². The Bertz CT molecular complexity index is 547. The van der Waals surface area contributed by atoms with Crippen LogP contribution in [0.25, 0.3) is 0 Å². The molecule has 0 saturated carbocycles. The zero-order chi connectivity index (χ0) is 21.7. The summed E-state index contributed by atoms with van der Waals surface area (Å²) < 4.78 is 49.6. The topological polar surface area (TPSA) is 166 Å². The molecule has 0 heterocycles. The van der Waals surface area contributed by atoms with Crippen LogP contribution in [0.1, 0.15) is 10.4 Å². The molecule has 2 radical (unpaired) electrons. The quantitative estimate of drug-likeness (QED) is 0.300. The van der Waals surface area contributed by atoms with Gasteiger partial charge in [-0.05, 0) is 12.1 Å². The fourth-order valence-electron chi connectivity index (χ4n) is 0.831. The number of esters is 1. The van der Waals surface area contributed by atoms with E-state index in [1.807, 2.05) is 0 Å². The summed E-state index contributed by atoms with van der Waals surface area (Å²) in [6.45, 7) is 26.9. The Labute approximate surface area is 176 Å². The molecule has 1 aromatic carbocycles. The van der Waals surface area contributed by atoms with Crippen LogP contribution in [0.2, 0.25) is 0 Å². The first-order valence-corrected chi connectivity index (χ1v) is 4.86. The Morgan fingerprint density at radius 2 is 1.22 bits per heavy atom. The summed E-state index contributed by atoms with van der Waals surface area (Å²) >= 11 is 0. The number of ether oxygens (including phenoxy) is 1.